The number of aromatic nitrogens is 4. The molecule has 4 N–H and O–H groups in total. The molecule has 0 aliphatic heterocycles. The van der Waals surface area contributed by atoms with E-state index in [1.165, 1.54) is 18.7 Å². The smallest absolute Gasteiger partial charge is 0.274 e. The predicted molar refractivity (Wildman–Crippen MR) is 120 cm³/mol. The summed E-state index contributed by atoms with van der Waals surface area (Å²) < 4.78 is 7.79. The number of nitrogens with zero attached hydrogens (tertiary/aromatic N) is 1. The fourth-order valence-electron chi connectivity index (χ4n) is 4.95. The lowest BCUT2D eigenvalue weighted by Crippen LogP contribution is -2.16. The van der Waals surface area contributed by atoms with E-state index >= 15 is 0 Å². The summed E-state index contributed by atoms with van der Waals surface area (Å²) in [6.07, 6.45) is 6.73. The molecule has 0 radical (unpaired) electrons. The van der Waals surface area contributed by atoms with Gasteiger partial charge in [-0.25, -0.2) is 0 Å². The summed E-state index contributed by atoms with van der Waals surface area (Å²) in [5, 5.41) is 14.1. The number of furan rings is 1. The van der Waals surface area contributed by atoms with Gasteiger partial charge in [-0.05, 0) is 37.1 Å². The highest BCUT2D eigenvalue weighted by Gasteiger charge is 2.27. The van der Waals surface area contributed by atoms with Crippen molar-refractivity contribution in [2.24, 2.45) is 0 Å². The number of nitrogens with one attached hydrogen (secondary N) is 3. The zero-order valence-electron chi connectivity index (χ0n) is 17.0. The van der Waals surface area contributed by atoms with Gasteiger partial charge in [0.15, 0.2) is 11.2 Å². The number of hydrogen-bond donors (Lipinski definition) is 4. The normalized spacial score (nSPS) is 15.2. The van der Waals surface area contributed by atoms with Crippen molar-refractivity contribution >= 4 is 33.1 Å². The molecule has 0 spiro atoms. The van der Waals surface area contributed by atoms with Gasteiger partial charge < -0.3 is 19.5 Å². The highest BCUT2D eigenvalue weighted by atomic mass is 16.4. The molecule has 1 fully saturated rings. The minimum Gasteiger partial charge on any atom is -0.502 e. The van der Waals surface area contributed by atoms with Crippen LogP contribution in [0.4, 0.5) is 0 Å². The molecule has 0 bridgehead atoms. The Kier molecular flexibility index (Phi) is 3.95. The second-order valence-electron chi connectivity index (χ2n) is 8.33. The van der Waals surface area contributed by atoms with E-state index in [1.54, 1.807) is 18.2 Å². The topological polar surface area (TPSA) is 137 Å². The highest BCUT2D eigenvalue weighted by Crippen LogP contribution is 2.40. The lowest BCUT2D eigenvalue weighted by Gasteiger charge is -2.23. The van der Waals surface area contributed by atoms with Crippen molar-refractivity contribution in [2.75, 3.05) is 0 Å². The highest BCUT2D eigenvalue weighted by molar-refractivity contribution is 6.15. The van der Waals surface area contributed by atoms with Crippen LogP contribution in [0.5, 0.6) is 5.75 Å². The molecule has 1 aromatic carbocycles. The Morgan fingerprint density at radius 3 is 2.59 bits per heavy atom. The minimum atomic E-state index is -0.565. The number of phenols is 1. The number of hydrogen-bond acceptors (Lipinski definition) is 5. The number of aromatic hydroxyl groups is 1. The minimum absolute atomic E-state index is 0.0191. The van der Waals surface area contributed by atoms with Gasteiger partial charge in [-0.1, -0.05) is 19.3 Å². The molecule has 0 atom stereocenters. The largest absolute Gasteiger partial charge is 0.502 e. The maximum atomic E-state index is 13.2. The van der Waals surface area contributed by atoms with Crippen LogP contribution in [0.2, 0.25) is 0 Å². The average Bonchev–Trinajstić information content (AvgIpc) is 3.34. The van der Waals surface area contributed by atoms with Crippen molar-refractivity contribution in [1.82, 2.24) is 19.7 Å². The summed E-state index contributed by atoms with van der Waals surface area (Å²) in [4.78, 5) is 43.9. The summed E-state index contributed by atoms with van der Waals surface area (Å²) in [7, 11) is 0. The van der Waals surface area contributed by atoms with Gasteiger partial charge in [0.1, 0.15) is 5.65 Å². The first-order valence-electron chi connectivity index (χ1n) is 10.7. The van der Waals surface area contributed by atoms with Gasteiger partial charge in [0.05, 0.1) is 22.5 Å². The van der Waals surface area contributed by atoms with Crippen LogP contribution in [0.3, 0.4) is 0 Å². The van der Waals surface area contributed by atoms with Crippen LogP contribution in [0, 0.1) is 0 Å². The molecular weight excluding hydrogens is 412 g/mol. The van der Waals surface area contributed by atoms with Crippen molar-refractivity contribution in [3.63, 3.8) is 0 Å². The Hall–Kier alpha value is -4.01. The number of phenolic OH excluding ortho intramolecular Hbond substituents is 1. The van der Waals surface area contributed by atoms with E-state index in [2.05, 4.69) is 15.1 Å². The van der Waals surface area contributed by atoms with Gasteiger partial charge in [-0.15, -0.1) is 0 Å². The first-order valence-corrected chi connectivity index (χ1v) is 10.7. The first-order chi connectivity index (χ1) is 15.5. The van der Waals surface area contributed by atoms with Crippen molar-refractivity contribution in [3.8, 4) is 16.9 Å². The van der Waals surface area contributed by atoms with Crippen LogP contribution < -0.4 is 16.5 Å². The Balaban J connectivity index is 1.83. The number of H-pyrrole nitrogens is 3. The lowest BCUT2D eigenvalue weighted by molar-refractivity contribution is 0.335. The molecule has 1 aliphatic rings. The zero-order valence-corrected chi connectivity index (χ0v) is 17.0. The second kappa shape index (κ2) is 6.74. The van der Waals surface area contributed by atoms with Crippen molar-refractivity contribution < 1.29 is 9.52 Å². The van der Waals surface area contributed by atoms with Gasteiger partial charge in [-0.2, -0.15) is 0 Å². The van der Waals surface area contributed by atoms with E-state index in [0.29, 0.717) is 27.5 Å². The Bertz CT molecular complexity index is 1690. The van der Waals surface area contributed by atoms with E-state index in [9.17, 15) is 19.5 Å². The summed E-state index contributed by atoms with van der Waals surface area (Å²) in [5.74, 6) is -0.506. The van der Waals surface area contributed by atoms with Gasteiger partial charge in [0.25, 0.3) is 11.1 Å². The number of fused-ring (bicyclic) bond motifs is 4. The summed E-state index contributed by atoms with van der Waals surface area (Å²) >= 11 is 0. The van der Waals surface area contributed by atoms with E-state index in [0.717, 1.165) is 25.7 Å². The molecule has 0 amide bonds. The number of rotatable bonds is 2. The Morgan fingerprint density at radius 1 is 1.00 bits per heavy atom. The number of aromatic amines is 3. The van der Waals surface area contributed by atoms with Crippen molar-refractivity contribution in [3.05, 3.63) is 61.4 Å². The van der Waals surface area contributed by atoms with E-state index in [4.69, 9.17) is 4.42 Å². The van der Waals surface area contributed by atoms with Crippen LogP contribution >= 0.6 is 0 Å². The zero-order chi connectivity index (χ0) is 22.0. The molecule has 9 nitrogen and oxygen atoms in total. The van der Waals surface area contributed by atoms with Crippen LogP contribution in [0.15, 0.2) is 49.3 Å². The fraction of sp³-hybridized carbons (Fsp3) is 0.261. The molecule has 4 aromatic heterocycles. The molecule has 162 valence electrons. The Labute approximate surface area is 179 Å². The monoisotopic (exact) mass is 432 g/mol. The van der Waals surface area contributed by atoms with Gasteiger partial charge in [-0.3, -0.25) is 24.2 Å². The molecule has 5 aromatic rings. The molecule has 0 saturated heterocycles. The first kappa shape index (κ1) is 18.7. The SMILES string of the molecule is O=c1ccc2c(oc3c(-c4ccc[nH]c4=O)c4c(=O)[nH]n(C5CCCCC5)c4[nH]c32)c1O. The van der Waals surface area contributed by atoms with Gasteiger partial charge in [0.2, 0.25) is 11.2 Å². The molecular formula is C23H20N4O5. The maximum Gasteiger partial charge on any atom is 0.274 e. The van der Waals surface area contributed by atoms with Crippen molar-refractivity contribution in [2.45, 2.75) is 38.1 Å². The van der Waals surface area contributed by atoms with Gasteiger partial charge >= 0.3 is 0 Å². The van der Waals surface area contributed by atoms with Crippen LogP contribution in [-0.4, -0.2) is 24.9 Å². The molecule has 1 aliphatic carbocycles. The molecule has 32 heavy (non-hydrogen) atoms. The van der Waals surface area contributed by atoms with E-state index < -0.39 is 11.2 Å². The lowest BCUT2D eigenvalue weighted by atomic mass is 9.95. The predicted octanol–water partition coefficient (Wildman–Crippen LogP) is 3.48. The van der Waals surface area contributed by atoms with Crippen LogP contribution in [0.1, 0.15) is 38.1 Å². The summed E-state index contributed by atoms with van der Waals surface area (Å²) in [6.45, 7) is 0. The summed E-state index contributed by atoms with van der Waals surface area (Å²) in [5.41, 5.74) is 0.633. The molecule has 0 unspecified atom stereocenters. The average molecular weight is 432 g/mol. The molecule has 9 heteroatoms. The van der Waals surface area contributed by atoms with E-state index in [-0.39, 0.29) is 33.9 Å². The van der Waals surface area contributed by atoms with E-state index in [1.807, 2.05) is 4.68 Å². The summed E-state index contributed by atoms with van der Waals surface area (Å²) in [6, 6.07) is 6.26. The second-order valence-corrected chi connectivity index (χ2v) is 8.33. The molecule has 4 heterocycles. The number of pyridine rings is 2. The third-order valence-electron chi connectivity index (χ3n) is 6.47. The third kappa shape index (κ3) is 2.54. The van der Waals surface area contributed by atoms with Crippen LogP contribution in [-0.2, 0) is 0 Å². The maximum absolute atomic E-state index is 13.2. The Morgan fingerprint density at radius 2 is 1.81 bits per heavy atom. The quantitative estimate of drug-likeness (QED) is 0.338. The fourth-order valence-corrected chi connectivity index (χ4v) is 4.95. The molecule has 1 saturated carbocycles. The standard InChI is InChI=1S/C23H20N4O5/c28-14-9-8-13-17-20(32-19(13)18(14)29)15(12-7-4-10-24-22(12)30)16-21(25-17)27(26-23(16)31)11-5-2-1-3-6-11/h4,7-11,25,29H,1-3,5-6H2,(H,24,30)(H,26,31). The van der Waals surface area contributed by atoms with Crippen molar-refractivity contribution in [1.29, 1.82) is 0 Å². The third-order valence-corrected chi connectivity index (χ3v) is 6.47. The molecule has 6 rings (SSSR count). The number of benzene rings is 1. The van der Waals surface area contributed by atoms with Crippen LogP contribution in [0.25, 0.3) is 44.2 Å². The van der Waals surface area contributed by atoms with Gasteiger partial charge in [0, 0.05) is 17.1 Å².